The topological polar surface area (TPSA) is 40.5 Å². The van der Waals surface area contributed by atoms with Crippen molar-refractivity contribution in [3.05, 3.63) is 0 Å². The van der Waals surface area contributed by atoms with Crippen molar-refractivity contribution in [3.8, 4) is 0 Å². The van der Waals surface area contributed by atoms with E-state index < -0.39 is 0 Å². The van der Waals surface area contributed by atoms with Gasteiger partial charge in [-0.1, -0.05) is 41.5 Å². The average molecular weight is 431 g/mol. The van der Waals surface area contributed by atoms with E-state index in [9.17, 15) is 10.2 Å². The van der Waals surface area contributed by atoms with Gasteiger partial charge in [0.2, 0.25) is 0 Å². The molecule has 178 valence electrons. The van der Waals surface area contributed by atoms with E-state index in [-0.39, 0.29) is 17.6 Å². The van der Waals surface area contributed by atoms with Crippen LogP contribution in [-0.2, 0) is 0 Å². The zero-order chi connectivity index (χ0) is 22.6. The molecule has 0 amide bonds. The van der Waals surface area contributed by atoms with Crippen LogP contribution in [0.1, 0.15) is 113 Å². The van der Waals surface area contributed by atoms with Gasteiger partial charge in [0.05, 0.1) is 12.2 Å². The predicted octanol–water partition coefficient (Wildman–Crippen LogP) is 6.83. The highest BCUT2D eigenvalue weighted by molar-refractivity contribution is 5.19. The number of aliphatic hydroxyl groups is 2. The fourth-order valence-electron chi connectivity index (χ4n) is 11.5. The molecule has 5 fully saturated rings. The van der Waals surface area contributed by atoms with Gasteiger partial charge in [0.15, 0.2) is 0 Å². The van der Waals surface area contributed by atoms with Crippen molar-refractivity contribution in [1.82, 2.24) is 0 Å². The second kappa shape index (κ2) is 6.74. The normalized spacial score (nSPS) is 59.1. The molecule has 5 aliphatic rings. The van der Waals surface area contributed by atoms with Crippen molar-refractivity contribution in [2.24, 2.45) is 56.7 Å². The standard InChI is InChI=1S/C29H50O2/c1-18(30)19-10-13-26(4)16-17-28(6)20(24(19)26)8-9-22-27(5)14-12-23(31)25(2,3)21(27)11-15-29(22,28)7/h18-24,30-31H,8-17H2,1-7H3/t18-,19-,20+,21-,22-,23-,24+,26+,27-,28+,29+/m0/s1. The zero-order valence-corrected chi connectivity index (χ0v) is 21.5. The van der Waals surface area contributed by atoms with Gasteiger partial charge in [0, 0.05) is 0 Å². The maximum Gasteiger partial charge on any atom is 0.0594 e. The van der Waals surface area contributed by atoms with Gasteiger partial charge in [-0.3, -0.25) is 0 Å². The van der Waals surface area contributed by atoms with E-state index in [1.54, 1.807) is 0 Å². The molecule has 0 unspecified atom stereocenters. The van der Waals surface area contributed by atoms with Crippen molar-refractivity contribution >= 4 is 0 Å². The van der Waals surface area contributed by atoms with E-state index in [0.29, 0.717) is 39.4 Å². The first-order valence-corrected chi connectivity index (χ1v) is 13.7. The van der Waals surface area contributed by atoms with Crippen LogP contribution in [0.15, 0.2) is 0 Å². The molecule has 5 aliphatic carbocycles. The van der Waals surface area contributed by atoms with Crippen molar-refractivity contribution < 1.29 is 10.2 Å². The average Bonchev–Trinajstić information content (AvgIpc) is 3.04. The highest BCUT2D eigenvalue weighted by atomic mass is 16.3. The smallest absolute Gasteiger partial charge is 0.0594 e. The lowest BCUT2D eigenvalue weighted by molar-refractivity contribution is -0.248. The van der Waals surface area contributed by atoms with Crippen LogP contribution in [0, 0.1) is 56.7 Å². The Bertz CT molecular complexity index is 728. The summed E-state index contributed by atoms with van der Waals surface area (Å²) in [6.07, 6.45) is 12.6. The minimum absolute atomic E-state index is 0.0418. The molecule has 31 heavy (non-hydrogen) atoms. The van der Waals surface area contributed by atoms with E-state index in [4.69, 9.17) is 0 Å². The fourth-order valence-corrected chi connectivity index (χ4v) is 11.5. The van der Waals surface area contributed by atoms with E-state index in [2.05, 4.69) is 48.5 Å². The summed E-state index contributed by atoms with van der Waals surface area (Å²) in [6, 6.07) is 0. The van der Waals surface area contributed by atoms with Gasteiger partial charge in [-0.2, -0.15) is 0 Å². The Morgan fingerprint density at radius 1 is 0.710 bits per heavy atom. The minimum atomic E-state index is -0.159. The monoisotopic (exact) mass is 430 g/mol. The van der Waals surface area contributed by atoms with Crippen LogP contribution >= 0.6 is 0 Å². The van der Waals surface area contributed by atoms with Crippen LogP contribution in [0.3, 0.4) is 0 Å². The summed E-state index contributed by atoms with van der Waals surface area (Å²) in [5, 5.41) is 21.6. The molecule has 0 saturated heterocycles. The lowest BCUT2D eigenvalue weighted by atomic mass is 9.32. The molecule has 11 atom stereocenters. The number of hydrogen-bond acceptors (Lipinski definition) is 2. The lowest BCUT2D eigenvalue weighted by Gasteiger charge is -2.73. The Balaban J connectivity index is 1.54. The highest BCUT2D eigenvalue weighted by Crippen LogP contribution is 2.77. The van der Waals surface area contributed by atoms with Crippen LogP contribution in [0.2, 0.25) is 0 Å². The molecule has 0 aliphatic heterocycles. The quantitative estimate of drug-likeness (QED) is 0.478. The molecule has 5 saturated carbocycles. The van der Waals surface area contributed by atoms with Crippen LogP contribution in [-0.4, -0.2) is 22.4 Å². The second-order valence-electron chi connectivity index (χ2n) is 14.7. The molecule has 5 rings (SSSR count). The van der Waals surface area contributed by atoms with Gasteiger partial charge in [-0.05, 0) is 128 Å². The van der Waals surface area contributed by atoms with Crippen LogP contribution in [0.4, 0.5) is 0 Å². The third-order valence-electron chi connectivity index (χ3n) is 13.5. The molecule has 0 aromatic carbocycles. The Labute approximate surface area is 192 Å². The summed E-state index contributed by atoms with van der Waals surface area (Å²) in [5.41, 5.74) is 1.65. The summed E-state index contributed by atoms with van der Waals surface area (Å²) < 4.78 is 0. The molecule has 0 spiro atoms. The summed E-state index contributed by atoms with van der Waals surface area (Å²) in [4.78, 5) is 0. The van der Waals surface area contributed by atoms with Gasteiger partial charge in [-0.25, -0.2) is 0 Å². The van der Waals surface area contributed by atoms with Gasteiger partial charge in [0.25, 0.3) is 0 Å². The number of aliphatic hydroxyl groups excluding tert-OH is 2. The molecule has 0 heterocycles. The van der Waals surface area contributed by atoms with Crippen molar-refractivity contribution in [1.29, 1.82) is 0 Å². The molecular weight excluding hydrogens is 380 g/mol. The summed E-state index contributed by atoms with van der Waals surface area (Å²) in [5.74, 6) is 3.41. The van der Waals surface area contributed by atoms with Crippen molar-refractivity contribution in [2.45, 2.75) is 125 Å². The Hall–Kier alpha value is -0.0800. The lowest BCUT2D eigenvalue weighted by Crippen LogP contribution is -2.66. The molecule has 0 bridgehead atoms. The SMILES string of the molecule is C[C@H](O)[C@@H]1CC[C@]2(C)CC[C@]3(C)[C@H](CC[C@H]4[C@@]5(C)CC[C@H](O)C(C)(C)[C@@H]5CC[C@]43C)[C@@H]12. The van der Waals surface area contributed by atoms with E-state index in [1.165, 1.54) is 57.8 Å². The second-order valence-corrected chi connectivity index (χ2v) is 14.7. The third-order valence-corrected chi connectivity index (χ3v) is 13.5. The van der Waals surface area contributed by atoms with Gasteiger partial charge in [0.1, 0.15) is 0 Å². The van der Waals surface area contributed by atoms with E-state index in [1.807, 2.05) is 0 Å². The Morgan fingerprint density at radius 2 is 1.42 bits per heavy atom. The maximum atomic E-state index is 10.9. The van der Waals surface area contributed by atoms with Crippen LogP contribution < -0.4 is 0 Å². The van der Waals surface area contributed by atoms with Crippen LogP contribution in [0.5, 0.6) is 0 Å². The molecule has 2 nitrogen and oxygen atoms in total. The minimum Gasteiger partial charge on any atom is -0.393 e. The number of fused-ring (bicyclic) bond motifs is 7. The Kier molecular flexibility index (Phi) is 4.94. The Morgan fingerprint density at radius 3 is 2.10 bits per heavy atom. The summed E-state index contributed by atoms with van der Waals surface area (Å²) >= 11 is 0. The first-order valence-electron chi connectivity index (χ1n) is 13.7. The van der Waals surface area contributed by atoms with E-state index in [0.717, 1.165) is 18.3 Å². The largest absolute Gasteiger partial charge is 0.393 e. The first-order chi connectivity index (χ1) is 14.3. The molecule has 2 heteroatoms. The number of rotatable bonds is 1. The van der Waals surface area contributed by atoms with Gasteiger partial charge >= 0.3 is 0 Å². The molecule has 0 aromatic rings. The first kappa shape index (κ1) is 22.7. The zero-order valence-electron chi connectivity index (χ0n) is 21.5. The van der Waals surface area contributed by atoms with Crippen LogP contribution in [0.25, 0.3) is 0 Å². The van der Waals surface area contributed by atoms with Crippen molar-refractivity contribution in [2.75, 3.05) is 0 Å². The van der Waals surface area contributed by atoms with Gasteiger partial charge in [-0.15, -0.1) is 0 Å². The molecule has 0 radical (unpaired) electrons. The van der Waals surface area contributed by atoms with Crippen molar-refractivity contribution in [3.63, 3.8) is 0 Å². The molecular formula is C29H50O2. The third kappa shape index (κ3) is 2.70. The highest BCUT2D eigenvalue weighted by Gasteiger charge is 2.70. The molecule has 0 aromatic heterocycles. The fraction of sp³-hybridized carbons (Fsp3) is 1.00. The summed E-state index contributed by atoms with van der Waals surface area (Å²) in [7, 11) is 0. The maximum absolute atomic E-state index is 10.9. The predicted molar refractivity (Wildman–Crippen MR) is 128 cm³/mol. The molecule has 2 N–H and O–H groups in total. The number of hydrogen-bond donors (Lipinski definition) is 2. The summed E-state index contributed by atoms with van der Waals surface area (Å²) in [6.45, 7) is 17.3. The van der Waals surface area contributed by atoms with Gasteiger partial charge < -0.3 is 10.2 Å². The van der Waals surface area contributed by atoms with E-state index >= 15 is 0 Å².